The average Bonchev–Trinajstić information content (AvgIpc) is 3.39. The lowest BCUT2D eigenvalue weighted by Gasteiger charge is -2.19. The largest absolute Gasteiger partial charge is 0.493 e. The second-order valence-electron chi connectivity index (χ2n) is 12.2. The van der Waals surface area contributed by atoms with Crippen LogP contribution in [0.2, 0.25) is 0 Å². The number of rotatable bonds is 21. The number of aliphatic hydroxyl groups is 3. The molecule has 2 aromatic rings. The predicted octanol–water partition coefficient (Wildman–Crippen LogP) is 5.44. The molecule has 0 radical (unpaired) electrons. The van der Waals surface area contributed by atoms with Crippen molar-refractivity contribution in [3.63, 3.8) is 0 Å². The first-order chi connectivity index (χ1) is 25.3. The van der Waals surface area contributed by atoms with Crippen LogP contribution >= 0.6 is 0 Å². The van der Waals surface area contributed by atoms with E-state index in [2.05, 4.69) is 4.84 Å². The van der Waals surface area contributed by atoms with Crippen molar-refractivity contribution in [3.05, 3.63) is 84.0 Å². The van der Waals surface area contributed by atoms with Crippen LogP contribution in [0.4, 0.5) is 13.2 Å². The van der Waals surface area contributed by atoms with Crippen LogP contribution in [0.5, 0.6) is 17.2 Å². The van der Waals surface area contributed by atoms with Gasteiger partial charge in [-0.05, 0) is 73.6 Å². The van der Waals surface area contributed by atoms with E-state index in [1.807, 2.05) is 12.2 Å². The maximum absolute atomic E-state index is 12.9. The van der Waals surface area contributed by atoms with Gasteiger partial charge in [-0.1, -0.05) is 42.5 Å². The summed E-state index contributed by atoms with van der Waals surface area (Å²) in [6.45, 7) is -0.358. The Morgan fingerprint density at radius 1 is 0.981 bits per heavy atom. The fourth-order valence-electron chi connectivity index (χ4n) is 5.50. The Labute approximate surface area is 305 Å². The summed E-state index contributed by atoms with van der Waals surface area (Å²) in [4.78, 5) is 28.6. The number of esters is 2. The fraction of sp³-hybridized carbons (Fsp3) is 0.459. The first-order valence-electron chi connectivity index (χ1n) is 17.0. The molecule has 5 atom stereocenters. The summed E-state index contributed by atoms with van der Waals surface area (Å²) in [5.74, 6) is -1.21. The molecule has 0 aliphatic heterocycles. The van der Waals surface area contributed by atoms with Gasteiger partial charge in [-0.15, -0.1) is 0 Å². The van der Waals surface area contributed by atoms with Gasteiger partial charge in [0.25, 0.3) is 0 Å². The molecule has 0 amide bonds. The van der Waals surface area contributed by atoms with Gasteiger partial charge < -0.3 is 34.3 Å². The third kappa shape index (κ3) is 15.7. The van der Waals surface area contributed by atoms with Crippen molar-refractivity contribution in [2.45, 2.75) is 69.4 Å². The molecule has 0 spiro atoms. The summed E-state index contributed by atoms with van der Waals surface area (Å²) in [5, 5.41) is 47.8. The zero-order valence-electron chi connectivity index (χ0n) is 29.1. The van der Waals surface area contributed by atoms with Crippen LogP contribution in [-0.2, 0) is 25.3 Å². The van der Waals surface area contributed by atoms with Gasteiger partial charge in [-0.3, -0.25) is 24.8 Å². The third-order valence-electron chi connectivity index (χ3n) is 8.17. The maximum atomic E-state index is 12.9. The van der Waals surface area contributed by atoms with Crippen molar-refractivity contribution >= 4 is 18.0 Å². The van der Waals surface area contributed by atoms with Gasteiger partial charge in [0.2, 0.25) is 0 Å². The Hall–Kier alpha value is -4.29. The van der Waals surface area contributed by atoms with Gasteiger partial charge >= 0.3 is 18.1 Å². The molecule has 0 saturated heterocycles. The molecule has 1 fully saturated rings. The first-order valence-corrected chi connectivity index (χ1v) is 17.0. The lowest BCUT2D eigenvalue weighted by molar-refractivity contribution is -0.492. The number of nitrogens with zero attached hydrogens (tertiary/aromatic N) is 1. The van der Waals surface area contributed by atoms with Crippen LogP contribution in [0.3, 0.4) is 0 Å². The Kier molecular flexibility index (Phi) is 17.9. The molecule has 1 saturated carbocycles. The highest BCUT2D eigenvalue weighted by atomic mass is 19.4. The summed E-state index contributed by atoms with van der Waals surface area (Å²) in [6, 6.07) is 9.27. The number of carbonyl (C=O) groups is 2. The summed E-state index contributed by atoms with van der Waals surface area (Å²) < 4.78 is 60.0. The molecule has 0 heterocycles. The molecule has 16 heteroatoms. The summed E-state index contributed by atoms with van der Waals surface area (Å²) >= 11 is 0. The molecule has 2 aromatic carbocycles. The van der Waals surface area contributed by atoms with Gasteiger partial charge in [0.05, 0.1) is 36.9 Å². The molecular weight excluding hydrogens is 707 g/mol. The highest BCUT2D eigenvalue weighted by Crippen LogP contribution is 2.37. The standard InChI is InChI=1S/C37H46F3NO12/c1-49-34-21-25(9-7-19-50-35(45)14-8-20-52-41(47)48)15-18-33(34)53-36(46)13-5-3-2-4-12-29-30(32(44)23-31(29)43)17-16-27(42)24-51-28-11-6-10-26(22-28)37(38,39)40/h2,4,6-7,9-11,15-18,21-22,27,29-32,42-44,47-48H,3,5,8,12-14,19-20,23-24H2,1H3/b4-2-,9-7+,17-16+/t27-,29-,30-,31+,32-/m1/s1. The second-order valence-corrected chi connectivity index (χ2v) is 12.2. The van der Waals surface area contributed by atoms with Crippen molar-refractivity contribution < 1.29 is 72.3 Å². The Balaban J connectivity index is 1.38. The van der Waals surface area contributed by atoms with Crippen LogP contribution in [0.1, 0.15) is 56.1 Å². The minimum absolute atomic E-state index is 0.0115. The molecule has 1 aliphatic rings. The van der Waals surface area contributed by atoms with Crippen LogP contribution < -0.4 is 14.2 Å². The zero-order chi connectivity index (χ0) is 38.8. The number of carbonyl (C=O) groups excluding carboxylic acids is 2. The molecule has 292 valence electrons. The molecule has 5 N–H and O–H groups in total. The van der Waals surface area contributed by atoms with Crippen molar-refractivity contribution in [2.24, 2.45) is 11.8 Å². The molecule has 0 aromatic heterocycles. The van der Waals surface area contributed by atoms with Crippen molar-refractivity contribution in [1.82, 2.24) is 5.39 Å². The number of methoxy groups -OCH3 is 1. The molecule has 3 rings (SSSR count). The Bertz CT molecular complexity index is 1530. The van der Waals surface area contributed by atoms with Crippen molar-refractivity contribution in [3.8, 4) is 17.2 Å². The molecule has 13 nitrogen and oxygen atoms in total. The molecule has 1 aliphatic carbocycles. The number of halogens is 3. The highest BCUT2D eigenvalue weighted by molar-refractivity contribution is 5.73. The monoisotopic (exact) mass is 753 g/mol. The number of alkyl halides is 3. The number of aliphatic hydroxyl groups excluding tert-OH is 3. The van der Waals surface area contributed by atoms with Crippen molar-refractivity contribution in [2.75, 3.05) is 26.9 Å². The number of allylic oxidation sites excluding steroid dienone is 2. The lowest BCUT2D eigenvalue weighted by Crippen LogP contribution is -2.21. The molecular formula is C37H46F3NO12. The van der Waals surface area contributed by atoms with Crippen LogP contribution in [0.15, 0.2) is 72.8 Å². The quantitative estimate of drug-likeness (QED) is 0.0358. The molecule has 0 unspecified atom stereocenters. The number of unbranched alkanes of at least 4 members (excludes halogenated alkanes) is 1. The van der Waals surface area contributed by atoms with E-state index in [0.717, 1.165) is 12.1 Å². The van der Waals surface area contributed by atoms with Gasteiger partial charge in [0, 0.05) is 25.2 Å². The first kappa shape index (κ1) is 43.1. The predicted molar refractivity (Wildman–Crippen MR) is 183 cm³/mol. The summed E-state index contributed by atoms with van der Waals surface area (Å²) in [5.41, 5.74) is -0.157. The van der Waals surface area contributed by atoms with E-state index in [-0.39, 0.29) is 62.9 Å². The fourth-order valence-corrected chi connectivity index (χ4v) is 5.50. The van der Waals surface area contributed by atoms with Gasteiger partial charge in [-0.25, -0.2) is 0 Å². The van der Waals surface area contributed by atoms with Gasteiger partial charge in [0.15, 0.2) is 11.5 Å². The van der Waals surface area contributed by atoms with E-state index in [0.29, 0.717) is 30.6 Å². The SMILES string of the molecule is COc1cc(/C=C/COC(=O)CCCON(O)O)ccc1OC(=O)CCC/C=C\C[C@@H]1[C@@H](/C=C/[C@@H](O)COc2cccc(C(F)(F)F)c2)[C@H](O)C[C@@H]1O. The topological polar surface area (TPSA) is 185 Å². The van der Waals surface area contributed by atoms with Crippen LogP contribution in [0.25, 0.3) is 6.08 Å². The third-order valence-corrected chi connectivity index (χ3v) is 8.17. The van der Waals surface area contributed by atoms with E-state index >= 15 is 0 Å². The van der Waals surface area contributed by atoms with E-state index in [1.54, 1.807) is 36.4 Å². The normalized spacial score (nSPS) is 19.7. The van der Waals surface area contributed by atoms with E-state index in [9.17, 15) is 38.1 Å². The van der Waals surface area contributed by atoms with Crippen LogP contribution in [-0.4, -0.2) is 88.3 Å². The minimum atomic E-state index is -4.52. The van der Waals surface area contributed by atoms with Gasteiger partial charge in [0.1, 0.15) is 25.1 Å². The minimum Gasteiger partial charge on any atom is -0.493 e. The number of ether oxygens (including phenoxy) is 4. The second kappa shape index (κ2) is 22.0. The Morgan fingerprint density at radius 2 is 1.75 bits per heavy atom. The molecule has 0 bridgehead atoms. The maximum Gasteiger partial charge on any atom is 0.416 e. The van der Waals surface area contributed by atoms with E-state index in [4.69, 9.17) is 29.4 Å². The van der Waals surface area contributed by atoms with E-state index in [1.165, 1.54) is 25.3 Å². The number of hydrogen-bond acceptors (Lipinski definition) is 13. The highest BCUT2D eigenvalue weighted by Gasteiger charge is 2.39. The smallest absolute Gasteiger partial charge is 0.416 e. The summed E-state index contributed by atoms with van der Waals surface area (Å²) in [7, 11) is 1.44. The molecule has 53 heavy (non-hydrogen) atoms. The number of hydrogen-bond donors (Lipinski definition) is 5. The average molecular weight is 754 g/mol. The van der Waals surface area contributed by atoms with Gasteiger partial charge in [-0.2, -0.15) is 13.2 Å². The Morgan fingerprint density at radius 3 is 2.49 bits per heavy atom. The summed E-state index contributed by atoms with van der Waals surface area (Å²) in [6.07, 6.45) is 4.77. The van der Waals surface area contributed by atoms with Crippen LogP contribution in [0, 0.1) is 11.8 Å². The van der Waals surface area contributed by atoms with Crippen molar-refractivity contribution in [1.29, 1.82) is 0 Å². The zero-order valence-corrected chi connectivity index (χ0v) is 29.1. The number of benzene rings is 2. The van der Waals surface area contributed by atoms with E-state index < -0.39 is 53.3 Å². The lowest BCUT2D eigenvalue weighted by atomic mass is 9.89.